The molecule has 0 spiro atoms. The summed E-state index contributed by atoms with van der Waals surface area (Å²) in [7, 11) is 0. The van der Waals surface area contributed by atoms with Gasteiger partial charge in [0.1, 0.15) is 11.5 Å². The van der Waals surface area contributed by atoms with Crippen molar-refractivity contribution in [1.29, 1.82) is 0 Å². The Morgan fingerprint density at radius 3 is 2.63 bits per heavy atom. The van der Waals surface area contributed by atoms with Crippen molar-refractivity contribution >= 4 is 29.6 Å². The Bertz CT molecular complexity index is 1010. The molecule has 0 aromatic heterocycles. The molecule has 3 rings (SSSR count). The molecule has 0 aliphatic carbocycles. The van der Waals surface area contributed by atoms with E-state index in [9.17, 15) is 14.0 Å². The molecule has 1 aliphatic heterocycles. The molecule has 0 saturated carbocycles. The van der Waals surface area contributed by atoms with Gasteiger partial charge in [-0.2, -0.15) is 0 Å². The van der Waals surface area contributed by atoms with E-state index in [2.05, 4.69) is 5.32 Å². The zero-order valence-corrected chi connectivity index (χ0v) is 17.6. The van der Waals surface area contributed by atoms with Gasteiger partial charge in [-0.3, -0.25) is 9.69 Å². The van der Waals surface area contributed by atoms with Crippen LogP contribution in [-0.4, -0.2) is 29.5 Å². The molecule has 1 fully saturated rings. The highest BCUT2D eigenvalue weighted by molar-refractivity contribution is 6.32. The number of hydrogen-bond donors (Lipinski definition) is 1. The van der Waals surface area contributed by atoms with Gasteiger partial charge >= 0.3 is 6.03 Å². The van der Waals surface area contributed by atoms with Crippen molar-refractivity contribution < 1.29 is 23.5 Å². The van der Waals surface area contributed by atoms with Crippen LogP contribution in [0.15, 0.2) is 42.1 Å². The number of imide groups is 1. The van der Waals surface area contributed by atoms with Crippen LogP contribution >= 0.6 is 11.6 Å². The number of carbonyl (C=O) groups is 2. The summed E-state index contributed by atoms with van der Waals surface area (Å²) < 4.78 is 25.3. The summed E-state index contributed by atoms with van der Waals surface area (Å²) in [5, 5.41) is 2.84. The minimum absolute atomic E-state index is 0.0624. The van der Waals surface area contributed by atoms with Crippen LogP contribution in [0.25, 0.3) is 6.08 Å². The summed E-state index contributed by atoms with van der Waals surface area (Å²) in [6, 6.07) is 8.67. The zero-order valence-electron chi connectivity index (χ0n) is 16.9. The SMILES string of the molecule is CCOc1cc(C=C2NC(=O)N(Cc3ccccc3F)C2=O)cc(Cl)c1OC(C)C. The second-order valence-electron chi connectivity index (χ2n) is 6.90. The second kappa shape index (κ2) is 9.17. The third kappa shape index (κ3) is 4.74. The smallest absolute Gasteiger partial charge is 0.329 e. The Balaban J connectivity index is 1.88. The average molecular weight is 433 g/mol. The van der Waals surface area contributed by atoms with Crippen LogP contribution in [0.2, 0.25) is 5.02 Å². The molecule has 6 nitrogen and oxygen atoms in total. The van der Waals surface area contributed by atoms with Gasteiger partial charge in [-0.1, -0.05) is 29.8 Å². The van der Waals surface area contributed by atoms with Gasteiger partial charge in [0.25, 0.3) is 5.91 Å². The zero-order chi connectivity index (χ0) is 21.8. The Morgan fingerprint density at radius 1 is 1.23 bits per heavy atom. The number of nitrogens with zero attached hydrogens (tertiary/aromatic N) is 1. The summed E-state index contributed by atoms with van der Waals surface area (Å²) in [6.07, 6.45) is 1.39. The summed E-state index contributed by atoms with van der Waals surface area (Å²) in [6.45, 7) is 5.81. The first-order valence-electron chi connectivity index (χ1n) is 9.51. The van der Waals surface area contributed by atoms with Gasteiger partial charge in [0.05, 0.1) is 24.3 Å². The number of amides is 3. The van der Waals surface area contributed by atoms with E-state index in [1.54, 1.807) is 24.3 Å². The van der Waals surface area contributed by atoms with Gasteiger partial charge in [-0.15, -0.1) is 0 Å². The lowest BCUT2D eigenvalue weighted by Crippen LogP contribution is -2.30. The standard InChI is InChI=1S/C22H22ClFN2O4/c1-4-29-19-11-14(9-16(23)20(19)30-13(2)3)10-18-21(27)26(22(28)25-18)12-15-7-5-6-8-17(15)24/h5-11,13H,4,12H2,1-3H3,(H,25,28). The van der Waals surface area contributed by atoms with E-state index in [0.717, 1.165) is 4.90 Å². The van der Waals surface area contributed by atoms with E-state index in [0.29, 0.717) is 28.7 Å². The molecule has 3 amide bonds. The maximum atomic E-state index is 13.9. The van der Waals surface area contributed by atoms with E-state index in [4.69, 9.17) is 21.1 Å². The Kier molecular flexibility index (Phi) is 6.62. The number of carbonyl (C=O) groups excluding carboxylic acids is 2. The van der Waals surface area contributed by atoms with Gasteiger partial charge < -0.3 is 14.8 Å². The summed E-state index contributed by atoms with van der Waals surface area (Å²) in [5.41, 5.74) is 0.863. The normalized spacial score (nSPS) is 15.1. The maximum absolute atomic E-state index is 13.9. The van der Waals surface area contributed by atoms with Crippen molar-refractivity contribution in [2.75, 3.05) is 6.61 Å². The highest BCUT2D eigenvalue weighted by atomic mass is 35.5. The minimum atomic E-state index is -0.620. The lowest BCUT2D eigenvalue weighted by Gasteiger charge is -2.16. The van der Waals surface area contributed by atoms with E-state index in [1.165, 1.54) is 18.2 Å². The molecular weight excluding hydrogens is 411 g/mol. The summed E-state index contributed by atoms with van der Waals surface area (Å²) >= 11 is 6.36. The third-order valence-electron chi connectivity index (χ3n) is 4.24. The molecule has 1 aliphatic rings. The molecule has 0 atom stereocenters. The van der Waals surface area contributed by atoms with Crippen LogP contribution < -0.4 is 14.8 Å². The van der Waals surface area contributed by atoms with Gasteiger partial charge in [0, 0.05) is 5.56 Å². The van der Waals surface area contributed by atoms with E-state index in [1.807, 2.05) is 20.8 Å². The largest absolute Gasteiger partial charge is 0.490 e. The number of benzene rings is 2. The lowest BCUT2D eigenvalue weighted by molar-refractivity contribution is -0.123. The molecule has 30 heavy (non-hydrogen) atoms. The Morgan fingerprint density at radius 2 is 1.97 bits per heavy atom. The number of rotatable bonds is 7. The van der Waals surface area contributed by atoms with Crippen molar-refractivity contribution in [2.45, 2.75) is 33.4 Å². The molecule has 158 valence electrons. The Labute approximate surface area is 179 Å². The average Bonchev–Trinajstić information content (AvgIpc) is 2.93. The van der Waals surface area contributed by atoms with Gasteiger partial charge in [-0.25, -0.2) is 9.18 Å². The van der Waals surface area contributed by atoms with Crippen molar-refractivity contribution in [2.24, 2.45) is 0 Å². The summed E-state index contributed by atoms with van der Waals surface area (Å²) in [5.74, 6) is -0.187. The molecule has 2 aromatic carbocycles. The molecule has 0 radical (unpaired) electrons. The molecule has 2 aromatic rings. The van der Waals surface area contributed by atoms with Crippen LogP contribution in [0.3, 0.4) is 0 Å². The van der Waals surface area contributed by atoms with Crippen LogP contribution in [0.1, 0.15) is 31.9 Å². The van der Waals surface area contributed by atoms with Crippen molar-refractivity contribution in [3.63, 3.8) is 0 Å². The predicted molar refractivity (Wildman–Crippen MR) is 112 cm³/mol. The highest BCUT2D eigenvalue weighted by Gasteiger charge is 2.34. The molecular formula is C22H22ClFN2O4. The first kappa shape index (κ1) is 21.6. The lowest BCUT2D eigenvalue weighted by atomic mass is 10.1. The molecule has 8 heteroatoms. The van der Waals surface area contributed by atoms with Crippen molar-refractivity contribution in [3.8, 4) is 11.5 Å². The topological polar surface area (TPSA) is 67.9 Å². The van der Waals surface area contributed by atoms with E-state index < -0.39 is 17.8 Å². The number of halogens is 2. The fourth-order valence-electron chi connectivity index (χ4n) is 2.96. The molecule has 0 bridgehead atoms. The number of ether oxygens (including phenoxy) is 2. The van der Waals surface area contributed by atoms with Crippen LogP contribution in [0, 0.1) is 5.82 Å². The number of hydrogen-bond acceptors (Lipinski definition) is 4. The molecule has 1 saturated heterocycles. The van der Waals surface area contributed by atoms with Crippen LogP contribution in [-0.2, 0) is 11.3 Å². The maximum Gasteiger partial charge on any atom is 0.329 e. The van der Waals surface area contributed by atoms with Crippen molar-refractivity contribution in [3.05, 3.63) is 64.1 Å². The van der Waals surface area contributed by atoms with Gasteiger partial charge in [0.2, 0.25) is 0 Å². The van der Waals surface area contributed by atoms with Gasteiger partial charge in [0.15, 0.2) is 11.5 Å². The quantitative estimate of drug-likeness (QED) is 0.506. The first-order valence-corrected chi connectivity index (χ1v) is 9.89. The molecule has 1 N–H and O–H groups in total. The third-order valence-corrected chi connectivity index (χ3v) is 4.53. The number of nitrogens with one attached hydrogen (secondary N) is 1. The Hall–Kier alpha value is -3.06. The molecule has 0 unspecified atom stereocenters. The predicted octanol–water partition coefficient (Wildman–Crippen LogP) is 4.76. The monoisotopic (exact) mass is 432 g/mol. The van der Waals surface area contributed by atoms with E-state index in [-0.39, 0.29) is 23.9 Å². The second-order valence-corrected chi connectivity index (χ2v) is 7.31. The highest BCUT2D eigenvalue weighted by Crippen LogP contribution is 2.38. The summed E-state index contributed by atoms with van der Waals surface area (Å²) in [4.78, 5) is 25.9. The minimum Gasteiger partial charge on any atom is -0.490 e. The van der Waals surface area contributed by atoms with Crippen LogP contribution in [0.5, 0.6) is 11.5 Å². The van der Waals surface area contributed by atoms with Crippen LogP contribution in [0.4, 0.5) is 9.18 Å². The van der Waals surface area contributed by atoms with E-state index >= 15 is 0 Å². The molecule has 1 heterocycles. The van der Waals surface area contributed by atoms with Gasteiger partial charge in [-0.05, 0) is 50.6 Å². The fraction of sp³-hybridized carbons (Fsp3) is 0.273. The van der Waals surface area contributed by atoms with Crippen molar-refractivity contribution in [1.82, 2.24) is 10.2 Å². The fourth-order valence-corrected chi connectivity index (χ4v) is 3.23. The first-order chi connectivity index (χ1) is 14.3. The number of urea groups is 1.